The second-order valence-corrected chi connectivity index (χ2v) is 6.58. The van der Waals surface area contributed by atoms with Gasteiger partial charge in [0, 0.05) is 10.6 Å². The van der Waals surface area contributed by atoms with E-state index in [9.17, 15) is 14.4 Å². The molecule has 1 aromatic heterocycles. The molecule has 1 heterocycles. The van der Waals surface area contributed by atoms with E-state index in [4.69, 9.17) is 23.2 Å². The van der Waals surface area contributed by atoms with E-state index in [2.05, 4.69) is 10.4 Å². The Morgan fingerprint density at radius 2 is 2.00 bits per heavy atom. The highest BCUT2D eigenvalue weighted by Gasteiger charge is 2.17. The minimum absolute atomic E-state index is 0.0221. The fourth-order valence-electron chi connectivity index (χ4n) is 2.50. The van der Waals surface area contributed by atoms with Crippen molar-refractivity contribution in [3.63, 3.8) is 0 Å². The summed E-state index contributed by atoms with van der Waals surface area (Å²) in [7, 11) is 0. The van der Waals surface area contributed by atoms with Crippen molar-refractivity contribution in [3.05, 3.63) is 81.4 Å². The number of benzene rings is 2. The molecule has 0 saturated carbocycles. The first-order chi connectivity index (χ1) is 13.4. The zero-order chi connectivity index (χ0) is 20.3. The Kier molecular flexibility index (Phi) is 5.78. The highest BCUT2D eigenvalue weighted by Crippen LogP contribution is 2.27. The van der Waals surface area contributed by atoms with Crippen LogP contribution in [0, 0.1) is 24.1 Å². The summed E-state index contributed by atoms with van der Waals surface area (Å²) < 4.78 is 15.2. The molecule has 0 bridgehead atoms. The van der Waals surface area contributed by atoms with Gasteiger partial charge < -0.3 is 5.32 Å². The normalized spacial score (nSPS) is 11.2. The molecule has 3 aromatic rings. The van der Waals surface area contributed by atoms with E-state index in [-0.39, 0.29) is 16.4 Å². The van der Waals surface area contributed by atoms with Crippen LogP contribution in [0.25, 0.3) is 11.8 Å². The summed E-state index contributed by atoms with van der Waals surface area (Å²) in [5.41, 5.74) is 1.29. The maximum absolute atomic E-state index is 13.7. The molecule has 0 aliphatic rings. The third kappa shape index (κ3) is 4.06. The Bertz CT molecular complexity index is 1130. The number of para-hydroxylation sites is 1. The van der Waals surface area contributed by atoms with E-state index in [1.54, 1.807) is 37.3 Å². The number of aromatic nitrogens is 2. The summed E-state index contributed by atoms with van der Waals surface area (Å²) in [5.74, 6) is -1.35. The lowest BCUT2D eigenvalue weighted by molar-refractivity contribution is -0.112. The van der Waals surface area contributed by atoms with Crippen molar-refractivity contribution in [1.82, 2.24) is 9.78 Å². The smallest absolute Gasteiger partial charge is 0.266 e. The first kappa shape index (κ1) is 19.6. The van der Waals surface area contributed by atoms with Crippen molar-refractivity contribution in [3.8, 4) is 11.8 Å². The van der Waals surface area contributed by atoms with Gasteiger partial charge in [0.2, 0.25) is 0 Å². The summed E-state index contributed by atoms with van der Waals surface area (Å²) >= 11 is 12.4. The molecule has 2 aromatic carbocycles. The Morgan fingerprint density at radius 3 is 2.68 bits per heavy atom. The van der Waals surface area contributed by atoms with Crippen LogP contribution in [0.5, 0.6) is 0 Å². The maximum Gasteiger partial charge on any atom is 0.266 e. The fourth-order valence-corrected chi connectivity index (χ4v) is 3.01. The highest BCUT2D eigenvalue weighted by atomic mass is 35.5. The summed E-state index contributed by atoms with van der Waals surface area (Å²) in [4.78, 5) is 12.4. The quantitative estimate of drug-likeness (QED) is 0.472. The predicted octanol–water partition coefficient (Wildman–Crippen LogP) is 5.17. The van der Waals surface area contributed by atoms with Gasteiger partial charge in [0.05, 0.1) is 17.1 Å². The molecule has 140 valence electrons. The van der Waals surface area contributed by atoms with Crippen LogP contribution >= 0.6 is 23.2 Å². The minimum atomic E-state index is -0.751. The first-order valence-electron chi connectivity index (χ1n) is 8.09. The molecule has 0 fully saturated rings. The van der Waals surface area contributed by atoms with Gasteiger partial charge in [0.15, 0.2) is 0 Å². The number of rotatable bonds is 4. The third-order valence-corrected chi connectivity index (χ3v) is 4.48. The van der Waals surface area contributed by atoms with E-state index >= 15 is 0 Å². The predicted molar refractivity (Wildman–Crippen MR) is 107 cm³/mol. The minimum Gasteiger partial charge on any atom is -0.319 e. The number of carbonyl (C=O) groups is 1. The average molecular weight is 415 g/mol. The van der Waals surface area contributed by atoms with Gasteiger partial charge in [-0.2, -0.15) is 10.4 Å². The maximum atomic E-state index is 13.7. The van der Waals surface area contributed by atoms with Gasteiger partial charge in [0.25, 0.3) is 5.91 Å². The molecule has 0 radical (unpaired) electrons. The molecule has 0 atom stereocenters. The number of nitrogens with one attached hydrogen (secondary N) is 1. The van der Waals surface area contributed by atoms with Crippen LogP contribution in [0.4, 0.5) is 10.1 Å². The zero-order valence-electron chi connectivity index (χ0n) is 14.6. The van der Waals surface area contributed by atoms with Crippen LogP contribution in [0.2, 0.25) is 10.2 Å². The summed E-state index contributed by atoms with van der Waals surface area (Å²) in [6.07, 6.45) is 1.32. The molecule has 3 rings (SSSR count). The van der Waals surface area contributed by atoms with Crippen molar-refractivity contribution in [2.75, 3.05) is 5.32 Å². The molecule has 1 amide bonds. The van der Waals surface area contributed by atoms with Crippen LogP contribution in [-0.2, 0) is 4.79 Å². The second kappa shape index (κ2) is 8.26. The largest absolute Gasteiger partial charge is 0.319 e. The van der Waals surface area contributed by atoms with Gasteiger partial charge in [0.1, 0.15) is 22.6 Å². The van der Waals surface area contributed by atoms with Crippen LogP contribution in [0.1, 0.15) is 11.3 Å². The van der Waals surface area contributed by atoms with Crippen LogP contribution < -0.4 is 5.32 Å². The summed E-state index contributed by atoms with van der Waals surface area (Å²) in [6.45, 7) is 1.70. The van der Waals surface area contributed by atoms with E-state index < -0.39 is 11.7 Å². The van der Waals surface area contributed by atoms with Gasteiger partial charge in [-0.25, -0.2) is 9.07 Å². The lowest BCUT2D eigenvalue weighted by Gasteiger charge is -2.05. The summed E-state index contributed by atoms with van der Waals surface area (Å²) in [6, 6.07) is 14.4. The molecule has 0 spiro atoms. The lowest BCUT2D eigenvalue weighted by atomic mass is 10.1. The monoisotopic (exact) mass is 414 g/mol. The number of carbonyl (C=O) groups excluding carboxylic acids is 1. The van der Waals surface area contributed by atoms with Gasteiger partial charge in [-0.1, -0.05) is 41.4 Å². The Hall–Kier alpha value is -3.14. The lowest BCUT2D eigenvalue weighted by Crippen LogP contribution is -2.14. The van der Waals surface area contributed by atoms with Crippen molar-refractivity contribution >= 4 is 40.9 Å². The van der Waals surface area contributed by atoms with Crippen molar-refractivity contribution in [2.45, 2.75) is 6.92 Å². The number of aryl methyl sites for hydroxylation is 1. The summed E-state index contributed by atoms with van der Waals surface area (Å²) in [5, 5.41) is 16.8. The molecular weight excluding hydrogens is 402 g/mol. The van der Waals surface area contributed by atoms with Gasteiger partial charge >= 0.3 is 0 Å². The molecule has 0 saturated heterocycles. The second-order valence-electron chi connectivity index (χ2n) is 5.79. The number of halogens is 3. The fraction of sp³-hybridized carbons (Fsp3) is 0.0500. The molecule has 5 nitrogen and oxygen atoms in total. The number of anilines is 1. The molecule has 8 heteroatoms. The molecule has 28 heavy (non-hydrogen) atoms. The van der Waals surface area contributed by atoms with Crippen molar-refractivity contribution in [2.24, 2.45) is 0 Å². The molecule has 0 aliphatic carbocycles. The van der Waals surface area contributed by atoms with Gasteiger partial charge in [-0.05, 0) is 43.3 Å². The Labute approximate surface area is 170 Å². The van der Waals surface area contributed by atoms with Crippen molar-refractivity contribution in [1.29, 1.82) is 5.26 Å². The van der Waals surface area contributed by atoms with E-state index in [0.717, 1.165) is 0 Å². The molecule has 0 unspecified atom stereocenters. The third-order valence-electron chi connectivity index (χ3n) is 3.88. The highest BCUT2D eigenvalue weighted by molar-refractivity contribution is 6.32. The number of nitrogens with zero attached hydrogens (tertiary/aromatic N) is 3. The number of amides is 1. The van der Waals surface area contributed by atoms with Gasteiger partial charge in [-0.3, -0.25) is 4.79 Å². The van der Waals surface area contributed by atoms with Crippen LogP contribution in [0.15, 0.2) is 54.1 Å². The standard InChI is InChI=1S/C20H13Cl2FN4O/c1-12-16(19(22)27(26-12)15-6-4-5-14(21)10-15)9-13(11-24)20(28)25-18-8-3-2-7-17(18)23/h2-10H,1H3,(H,25,28)/b13-9+. The Morgan fingerprint density at radius 1 is 1.25 bits per heavy atom. The van der Waals surface area contributed by atoms with Crippen molar-refractivity contribution < 1.29 is 9.18 Å². The zero-order valence-corrected chi connectivity index (χ0v) is 16.1. The van der Waals surface area contributed by atoms with E-state index in [1.165, 1.54) is 29.0 Å². The van der Waals surface area contributed by atoms with Crippen LogP contribution in [0.3, 0.4) is 0 Å². The number of nitriles is 1. The van der Waals surface area contributed by atoms with Crippen LogP contribution in [-0.4, -0.2) is 15.7 Å². The first-order valence-corrected chi connectivity index (χ1v) is 8.85. The Balaban J connectivity index is 1.96. The number of hydrogen-bond donors (Lipinski definition) is 1. The molecule has 0 aliphatic heterocycles. The molecule has 1 N–H and O–H groups in total. The van der Waals surface area contributed by atoms with Gasteiger partial charge in [-0.15, -0.1) is 0 Å². The number of hydrogen-bond acceptors (Lipinski definition) is 3. The van der Waals surface area contributed by atoms with E-state index in [1.807, 2.05) is 6.07 Å². The van der Waals surface area contributed by atoms with E-state index in [0.29, 0.717) is 22.0 Å². The molecular formula is C20H13Cl2FN4O. The topological polar surface area (TPSA) is 70.7 Å². The average Bonchev–Trinajstić information content (AvgIpc) is 2.95. The SMILES string of the molecule is Cc1nn(-c2cccc(Cl)c2)c(Cl)c1/C=C(\C#N)C(=O)Nc1ccccc1F.